The smallest absolute Gasteiger partial charge is 0.279 e. The van der Waals surface area contributed by atoms with E-state index < -0.39 is 15.6 Å². The molecule has 22 heavy (non-hydrogen) atoms. The number of rotatable bonds is 2. The van der Waals surface area contributed by atoms with Crippen molar-refractivity contribution in [2.24, 2.45) is 0 Å². The first-order valence-corrected chi connectivity index (χ1v) is 8.15. The van der Waals surface area contributed by atoms with Crippen molar-refractivity contribution in [1.82, 2.24) is 0 Å². The van der Waals surface area contributed by atoms with E-state index in [2.05, 4.69) is 12.1 Å². The maximum atomic E-state index is 12.6. The minimum atomic E-state index is -5.84. The first-order chi connectivity index (χ1) is 10.1. The van der Waals surface area contributed by atoms with Crippen molar-refractivity contribution >= 4 is 29.3 Å². The van der Waals surface area contributed by atoms with Crippen LogP contribution in [-0.2, 0) is 10.1 Å². The maximum Gasteiger partial charge on any atom is 0.522 e. The molecule has 0 aliphatic carbocycles. The maximum absolute atomic E-state index is 12.6. The fraction of sp³-hybridized carbons (Fsp3) is 0.0769. The van der Waals surface area contributed by atoms with Gasteiger partial charge in [0, 0.05) is 0 Å². The van der Waals surface area contributed by atoms with Gasteiger partial charge in [0.25, 0.3) is 0 Å². The van der Waals surface area contributed by atoms with E-state index in [1.807, 2.05) is 30.3 Å². The fourth-order valence-corrected chi connectivity index (χ4v) is 2.25. The number of alkyl halides is 3. The van der Waals surface area contributed by atoms with Gasteiger partial charge in [0.1, 0.15) is 5.82 Å². The first-order valence-electron chi connectivity index (χ1n) is 5.71. The van der Waals surface area contributed by atoms with Gasteiger partial charge in [-0.15, -0.1) is 0 Å². The molecule has 1 N–H and O–H groups in total. The van der Waals surface area contributed by atoms with Crippen LogP contribution < -0.4 is 10.6 Å². The quantitative estimate of drug-likeness (QED) is 0.391. The van der Waals surface area contributed by atoms with Gasteiger partial charge in [-0.05, 0) is 22.7 Å². The van der Waals surface area contributed by atoms with E-state index in [0.29, 0.717) is 8.58 Å². The van der Waals surface area contributed by atoms with Gasteiger partial charge in [-0.1, -0.05) is 51.0 Å². The third kappa shape index (κ3) is 6.51. The van der Waals surface area contributed by atoms with E-state index in [1.165, 1.54) is 17.4 Å². The van der Waals surface area contributed by atoms with Crippen molar-refractivity contribution in [3.63, 3.8) is 0 Å². The summed E-state index contributed by atoms with van der Waals surface area (Å²) < 4.78 is 70.2. The molecule has 0 spiro atoms. The van der Waals surface area contributed by atoms with Crippen molar-refractivity contribution in [2.75, 3.05) is 0 Å². The predicted octanol–water partition coefficient (Wildman–Crippen LogP) is 2.85. The van der Waals surface area contributed by atoms with Crippen molar-refractivity contribution < 1.29 is 30.5 Å². The molecule has 0 bridgehead atoms. The van der Waals surface area contributed by atoms with Gasteiger partial charge < -0.3 is 0 Å². The minimum absolute atomic E-state index is 0.174. The monoisotopic (exact) mass is 354 g/mol. The molecule has 2 aromatic carbocycles. The molecule has 0 saturated heterocycles. The summed E-state index contributed by atoms with van der Waals surface area (Å²) >= 11 is 0. The number of hydrogen-bond acceptors (Lipinski definition) is 2. The summed E-state index contributed by atoms with van der Waals surface area (Å²) in [5.41, 5.74) is -5.53. The number of benzene rings is 2. The van der Waals surface area contributed by atoms with E-state index in [9.17, 15) is 17.6 Å². The van der Waals surface area contributed by atoms with E-state index in [0.717, 1.165) is 5.30 Å². The zero-order valence-corrected chi connectivity index (χ0v) is 12.7. The Morgan fingerprint density at radius 2 is 1.27 bits per heavy atom. The molecule has 9 heteroatoms. The summed E-state index contributed by atoms with van der Waals surface area (Å²) in [7, 11) is -5.23. The van der Waals surface area contributed by atoms with Crippen LogP contribution >= 0.6 is 8.58 Å². The molecule has 0 amide bonds. The lowest BCUT2D eigenvalue weighted by atomic mass is 10.3. The Hall–Kier alpha value is -1.50. The van der Waals surface area contributed by atoms with Crippen molar-refractivity contribution in [2.45, 2.75) is 5.51 Å². The summed E-state index contributed by atoms with van der Waals surface area (Å²) in [6, 6.07) is 16.9. The summed E-state index contributed by atoms with van der Waals surface area (Å²) in [6.07, 6.45) is 0. The zero-order chi connectivity index (χ0) is 16.8. The summed E-state index contributed by atoms with van der Waals surface area (Å²) in [5.74, 6) is -0.174. The Morgan fingerprint density at radius 3 is 1.68 bits per heavy atom. The van der Waals surface area contributed by atoms with Gasteiger partial charge >= 0.3 is 15.6 Å². The highest BCUT2D eigenvalue weighted by Gasteiger charge is 2.44. The van der Waals surface area contributed by atoms with Crippen LogP contribution in [0, 0.1) is 5.82 Å². The summed E-state index contributed by atoms with van der Waals surface area (Å²) in [5, 5.41) is 2.44. The van der Waals surface area contributed by atoms with Crippen LogP contribution in [0.15, 0.2) is 54.6 Å². The van der Waals surface area contributed by atoms with Crippen LogP contribution in [0.2, 0.25) is 0 Å². The number of hydrogen-bond donors (Lipinski definition) is 1. The molecule has 120 valence electrons. The van der Waals surface area contributed by atoms with Gasteiger partial charge in [-0.2, -0.15) is 21.6 Å². The fourth-order valence-electron chi connectivity index (χ4n) is 1.22. The second-order valence-electron chi connectivity index (χ2n) is 3.92. The number of halogens is 4. The van der Waals surface area contributed by atoms with Gasteiger partial charge in [0.15, 0.2) is 0 Å². The van der Waals surface area contributed by atoms with E-state index in [1.54, 1.807) is 0 Å². The molecule has 0 radical (unpaired) electrons. The van der Waals surface area contributed by atoms with Crippen LogP contribution in [-0.4, -0.2) is 18.5 Å². The van der Waals surface area contributed by atoms with Gasteiger partial charge in [-0.25, -0.2) is 4.39 Å². The van der Waals surface area contributed by atoms with Crippen molar-refractivity contribution in [1.29, 1.82) is 0 Å². The summed E-state index contributed by atoms with van der Waals surface area (Å²) in [6.45, 7) is 0. The first kappa shape index (κ1) is 18.5. The summed E-state index contributed by atoms with van der Waals surface area (Å²) in [4.78, 5) is 0. The minimum Gasteiger partial charge on any atom is -0.279 e. The predicted molar refractivity (Wildman–Crippen MR) is 78.0 cm³/mol. The molecule has 0 saturated carbocycles. The molecular weight excluding hydrogens is 343 g/mol. The molecule has 2 aromatic rings. The third-order valence-electron chi connectivity index (χ3n) is 2.20. The Kier molecular flexibility index (Phi) is 6.47. The van der Waals surface area contributed by atoms with Crippen molar-refractivity contribution in [3.8, 4) is 0 Å². The Bertz CT molecular complexity index is 685. The SMILES string of the molecule is Fc1ccc(Pc2ccccc2)cc1.O=S(=O)(O)C(F)(F)F. The van der Waals surface area contributed by atoms with E-state index in [4.69, 9.17) is 13.0 Å². The molecular formula is C13H11F4O3PS. The third-order valence-corrected chi connectivity index (χ3v) is 4.03. The molecule has 0 aliphatic rings. The van der Waals surface area contributed by atoms with Crippen LogP contribution in [0.3, 0.4) is 0 Å². The van der Waals surface area contributed by atoms with Gasteiger partial charge in [0.05, 0.1) is 0 Å². The molecule has 0 aromatic heterocycles. The van der Waals surface area contributed by atoms with Gasteiger partial charge in [0.2, 0.25) is 0 Å². The highest BCUT2D eigenvalue weighted by atomic mass is 32.2. The van der Waals surface area contributed by atoms with Crippen LogP contribution in [0.4, 0.5) is 17.6 Å². The Balaban J connectivity index is 0.000000261. The molecule has 1 atom stereocenters. The van der Waals surface area contributed by atoms with Crippen LogP contribution in [0.1, 0.15) is 0 Å². The second-order valence-corrected chi connectivity index (χ2v) is 6.74. The Labute approximate surface area is 126 Å². The lowest BCUT2D eigenvalue weighted by molar-refractivity contribution is -0.0510. The molecule has 1 unspecified atom stereocenters. The zero-order valence-electron chi connectivity index (χ0n) is 10.9. The highest BCUT2D eigenvalue weighted by molar-refractivity contribution is 7.86. The normalized spacial score (nSPS) is 12.0. The lowest BCUT2D eigenvalue weighted by Crippen LogP contribution is -2.21. The van der Waals surface area contributed by atoms with Crippen LogP contribution in [0.25, 0.3) is 0 Å². The lowest BCUT2D eigenvalue weighted by Gasteiger charge is -2.01. The largest absolute Gasteiger partial charge is 0.522 e. The standard InChI is InChI=1S/C12H10FP.CHF3O3S/c13-10-6-8-12(9-7-10)14-11-4-2-1-3-5-11;2-1(3,4)8(5,6)7/h1-9,14H;(H,5,6,7). The molecule has 0 heterocycles. The Morgan fingerprint density at radius 1 is 0.864 bits per heavy atom. The molecule has 2 rings (SSSR count). The van der Waals surface area contributed by atoms with Gasteiger partial charge in [-0.3, -0.25) is 4.55 Å². The topological polar surface area (TPSA) is 54.4 Å². The average Bonchev–Trinajstić information content (AvgIpc) is 2.41. The van der Waals surface area contributed by atoms with Crippen LogP contribution in [0.5, 0.6) is 0 Å². The average molecular weight is 354 g/mol. The molecule has 0 fully saturated rings. The van der Waals surface area contributed by atoms with E-state index in [-0.39, 0.29) is 5.82 Å². The molecule has 0 aliphatic heterocycles. The highest BCUT2D eigenvalue weighted by Crippen LogP contribution is 2.20. The van der Waals surface area contributed by atoms with E-state index >= 15 is 0 Å². The molecule has 3 nitrogen and oxygen atoms in total. The second kappa shape index (κ2) is 7.67. The van der Waals surface area contributed by atoms with Crippen molar-refractivity contribution in [3.05, 3.63) is 60.4 Å².